The maximum absolute atomic E-state index is 12.6. The van der Waals surface area contributed by atoms with Crippen molar-refractivity contribution in [2.24, 2.45) is 0 Å². The topological polar surface area (TPSA) is 65.4 Å². The summed E-state index contributed by atoms with van der Waals surface area (Å²) in [6, 6.07) is 13.1. The first kappa shape index (κ1) is 17.8. The van der Waals surface area contributed by atoms with Gasteiger partial charge in [-0.2, -0.15) is 5.10 Å². The highest BCUT2D eigenvalue weighted by atomic mass is 16.5. The van der Waals surface area contributed by atoms with E-state index in [1.54, 1.807) is 18.9 Å². The molecule has 0 spiro atoms. The third kappa shape index (κ3) is 3.35. The van der Waals surface area contributed by atoms with Crippen molar-refractivity contribution in [1.82, 2.24) is 15.1 Å². The van der Waals surface area contributed by atoms with Crippen LogP contribution in [0.3, 0.4) is 0 Å². The van der Waals surface area contributed by atoms with Gasteiger partial charge in [0.15, 0.2) is 11.5 Å². The highest BCUT2D eigenvalue weighted by Crippen LogP contribution is 2.27. The van der Waals surface area contributed by atoms with Crippen LogP contribution < -0.4 is 14.8 Å². The van der Waals surface area contributed by atoms with Crippen LogP contribution in [0.15, 0.2) is 42.5 Å². The van der Waals surface area contributed by atoms with Gasteiger partial charge in [0.1, 0.15) is 6.04 Å². The zero-order valence-electron chi connectivity index (χ0n) is 15.4. The lowest BCUT2D eigenvalue weighted by Crippen LogP contribution is -2.31. The van der Waals surface area contributed by atoms with Crippen LogP contribution in [0.4, 0.5) is 0 Å². The Hall–Kier alpha value is -3.02. The number of nitrogens with zero attached hydrogens (tertiary/aromatic N) is 2. The van der Waals surface area contributed by atoms with Gasteiger partial charge < -0.3 is 14.8 Å². The molecule has 0 aliphatic carbocycles. The largest absolute Gasteiger partial charge is 0.493 e. The Bertz CT molecular complexity index is 933. The zero-order chi connectivity index (χ0) is 18.7. The van der Waals surface area contributed by atoms with Crippen molar-refractivity contribution in [3.05, 3.63) is 53.7 Å². The fourth-order valence-corrected chi connectivity index (χ4v) is 2.98. The number of benzene rings is 2. The number of ether oxygens (including phenoxy) is 2. The molecule has 0 fully saturated rings. The molecule has 0 saturated heterocycles. The Morgan fingerprint density at radius 3 is 2.62 bits per heavy atom. The van der Waals surface area contributed by atoms with Crippen LogP contribution >= 0.6 is 0 Å². The first-order chi connectivity index (χ1) is 12.5. The summed E-state index contributed by atoms with van der Waals surface area (Å²) in [6.45, 7) is 4.21. The number of aryl methyl sites for hydroxylation is 1. The van der Waals surface area contributed by atoms with Crippen molar-refractivity contribution in [2.45, 2.75) is 26.4 Å². The molecule has 3 rings (SSSR count). The molecule has 1 amide bonds. The third-order valence-corrected chi connectivity index (χ3v) is 4.46. The lowest BCUT2D eigenvalue weighted by molar-refractivity contribution is -0.124. The maximum Gasteiger partial charge on any atom is 0.244 e. The molecule has 0 unspecified atom stereocenters. The summed E-state index contributed by atoms with van der Waals surface area (Å²) < 4.78 is 12.3. The fourth-order valence-electron chi connectivity index (χ4n) is 2.98. The number of amides is 1. The summed E-state index contributed by atoms with van der Waals surface area (Å²) in [4.78, 5) is 12.6. The summed E-state index contributed by atoms with van der Waals surface area (Å²) in [5, 5.41) is 8.56. The minimum atomic E-state index is -0.409. The predicted octanol–water partition coefficient (Wildman–Crippen LogP) is 3.24. The highest BCUT2D eigenvalue weighted by Gasteiger charge is 2.19. The van der Waals surface area contributed by atoms with Crippen LogP contribution in [0.2, 0.25) is 0 Å². The monoisotopic (exact) mass is 353 g/mol. The lowest BCUT2D eigenvalue weighted by Gasteiger charge is -2.15. The maximum atomic E-state index is 12.6. The number of methoxy groups -OCH3 is 2. The van der Waals surface area contributed by atoms with Crippen molar-refractivity contribution < 1.29 is 14.3 Å². The second kappa shape index (κ2) is 7.47. The predicted molar refractivity (Wildman–Crippen MR) is 101 cm³/mol. The standard InChI is InChI=1S/C20H23N3O3/c1-13-16-7-5-6-8-17(16)23(22-13)14(2)20(24)21-12-15-9-10-18(25-3)19(11-15)26-4/h5-11,14H,12H2,1-4H3,(H,21,24)/t14-/m0/s1. The van der Waals surface area contributed by atoms with Crippen LogP contribution in [-0.4, -0.2) is 29.9 Å². The number of para-hydroxylation sites is 1. The minimum Gasteiger partial charge on any atom is -0.493 e. The van der Waals surface area contributed by atoms with Crippen molar-refractivity contribution >= 4 is 16.8 Å². The van der Waals surface area contributed by atoms with Gasteiger partial charge in [-0.25, -0.2) is 0 Å². The van der Waals surface area contributed by atoms with Crippen molar-refractivity contribution in [2.75, 3.05) is 14.2 Å². The Kier molecular flexibility index (Phi) is 5.11. The number of carbonyl (C=O) groups is 1. The molecule has 1 N–H and O–H groups in total. The van der Waals surface area contributed by atoms with Gasteiger partial charge in [-0.05, 0) is 37.6 Å². The van der Waals surface area contributed by atoms with E-state index in [4.69, 9.17) is 9.47 Å². The first-order valence-electron chi connectivity index (χ1n) is 8.47. The molecule has 0 aliphatic heterocycles. The molecule has 1 heterocycles. The number of aromatic nitrogens is 2. The van der Waals surface area contributed by atoms with Gasteiger partial charge in [0.05, 0.1) is 25.4 Å². The molecule has 0 radical (unpaired) electrons. The number of rotatable bonds is 6. The second-order valence-corrected chi connectivity index (χ2v) is 6.13. The van der Waals surface area contributed by atoms with Gasteiger partial charge in [0.25, 0.3) is 0 Å². The Morgan fingerprint density at radius 1 is 1.15 bits per heavy atom. The van der Waals surface area contributed by atoms with E-state index in [1.807, 2.05) is 56.3 Å². The molecule has 1 atom stereocenters. The molecule has 0 saturated carbocycles. The molecule has 3 aromatic rings. The average Bonchev–Trinajstić information content (AvgIpc) is 3.02. The van der Waals surface area contributed by atoms with Gasteiger partial charge >= 0.3 is 0 Å². The van der Waals surface area contributed by atoms with Crippen LogP contribution in [0.1, 0.15) is 24.2 Å². The van der Waals surface area contributed by atoms with E-state index >= 15 is 0 Å². The van der Waals surface area contributed by atoms with Crippen molar-refractivity contribution in [3.63, 3.8) is 0 Å². The number of carbonyl (C=O) groups excluding carboxylic acids is 1. The summed E-state index contributed by atoms with van der Waals surface area (Å²) in [5.74, 6) is 1.21. The molecule has 6 nitrogen and oxygen atoms in total. The van der Waals surface area contributed by atoms with E-state index in [-0.39, 0.29) is 5.91 Å². The van der Waals surface area contributed by atoms with Gasteiger partial charge in [0, 0.05) is 11.9 Å². The molecule has 0 aliphatic rings. The van der Waals surface area contributed by atoms with E-state index in [9.17, 15) is 4.79 Å². The van der Waals surface area contributed by atoms with Crippen LogP contribution in [0, 0.1) is 6.92 Å². The molecule has 1 aromatic heterocycles. The quantitative estimate of drug-likeness (QED) is 0.739. The Labute approximate surface area is 152 Å². The summed E-state index contributed by atoms with van der Waals surface area (Å²) in [6.07, 6.45) is 0. The molecule has 2 aromatic carbocycles. The first-order valence-corrected chi connectivity index (χ1v) is 8.47. The molecular formula is C20H23N3O3. The number of hydrogen-bond acceptors (Lipinski definition) is 4. The second-order valence-electron chi connectivity index (χ2n) is 6.13. The molecular weight excluding hydrogens is 330 g/mol. The van der Waals surface area contributed by atoms with Crippen LogP contribution in [0.5, 0.6) is 11.5 Å². The SMILES string of the molecule is COc1ccc(CNC(=O)[C@H](C)n2nc(C)c3ccccc32)cc1OC. The Morgan fingerprint density at radius 2 is 1.88 bits per heavy atom. The smallest absolute Gasteiger partial charge is 0.244 e. The molecule has 6 heteroatoms. The van der Waals surface area contributed by atoms with Crippen LogP contribution in [0.25, 0.3) is 10.9 Å². The Balaban J connectivity index is 1.73. The van der Waals surface area contributed by atoms with E-state index < -0.39 is 6.04 Å². The molecule has 136 valence electrons. The number of nitrogens with one attached hydrogen (secondary N) is 1. The average molecular weight is 353 g/mol. The zero-order valence-corrected chi connectivity index (χ0v) is 15.4. The van der Waals surface area contributed by atoms with Crippen LogP contribution in [-0.2, 0) is 11.3 Å². The number of fused-ring (bicyclic) bond motifs is 1. The van der Waals surface area contributed by atoms with Crippen molar-refractivity contribution in [1.29, 1.82) is 0 Å². The van der Waals surface area contributed by atoms with E-state index in [0.717, 1.165) is 22.2 Å². The normalized spacial score (nSPS) is 12.0. The van der Waals surface area contributed by atoms with Gasteiger partial charge in [-0.1, -0.05) is 24.3 Å². The van der Waals surface area contributed by atoms with Gasteiger partial charge in [-0.15, -0.1) is 0 Å². The molecule has 0 bridgehead atoms. The summed E-state index contributed by atoms with van der Waals surface area (Å²) >= 11 is 0. The third-order valence-electron chi connectivity index (χ3n) is 4.46. The summed E-state index contributed by atoms with van der Waals surface area (Å²) in [5.41, 5.74) is 2.81. The lowest BCUT2D eigenvalue weighted by atomic mass is 10.2. The van der Waals surface area contributed by atoms with E-state index in [2.05, 4.69) is 10.4 Å². The van der Waals surface area contributed by atoms with Crippen molar-refractivity contribution in [3.8, 4) is 11.5 Å². The molecule has 26 heavy (non-hydrogen) atoms. The highest BCUT2D eigenvalue weighted by molar-refractivity contribution is 5.86. The van der Waals surface area contributed by atoms with E-state index in [0.29, 0.717) is 18.0 Å². The van der Waals surface area contributed by atoms with Gasteiger partial charge in [0.2, 0.25) is 5.91 Å². The van der Waals surface area contributed by atoms with Gasteiger partial charge in [-0.3, -0.25) is 9.48 Å². The minimum absolute atomic E-state index is 0.0898. The summed E-state index contributed by atoms with van der Waals surface area (Å²) in [7, 11) is 3.19. The number of hydrogen-bond donors (Lipinski definition) is 1. The fraction of sp³-hybridized carbons (Fsp3) is 0.300. The van der Waals surface area contributed by atoms with E-state index in [1.165, 1.54) is 0 Å².